The van der Waals surface area contributed by atoms with Crippen LogP contribution in [0.3, 0.4) is 0 Å². The van der Waals surface area contributed by atoms with Gasteiger partial charge < -0.3 is 10.2 Å². The number of thioether (sulfide) groups is 1. The van der Waals surface area contributed by atoms with Crippen molar-refractivity contribution in [3.63, 3.8) is 0 Å². The molecule has 0 aliphatic carbocycles. The number of hydrogen-bond donors (Lipinski definition) is 1. The summed E-state index contributed by atoms with van der Waals surface area (Å²) in [4.78, 5) is 22.2. The van der Waals surface area contributed by atoms with Gasteiger partial charge in [-0.25, -0.2) is 0 Å². The first-order valence-corrected chi connectivity index (χ1v) is 11.3. The largest absolute Gasteiger partial charge is 0.378 e. The molecule has 6 nitrogen and oxygen atoms in total. The lowest BCUT2D eigenvalue weighted by molar-refractivity contribution is -0.122. The van der Waals surface area contributed by atoms with Crippen molar-refractivity contribution in [2.24, 2.45) is 0 Å². The van der Waals surface area contributed by atoms with Crippen molar-refractivity contribution in [1.29, 1.82) is 5.26 Å². The summed E-state index contributed by atoms with van der Waals surface area (Å²) in [6.07, 6.45) is 3.35. The van der Waals surface area contributed by atoms with Crippen molar-refractivity contribution in [2.45, 2.75) is 31.6 Å². The van der Waals surface area contributed by atoms with E-state index in [0.717, 1.165) is 24.3 Å². The lowest BCUT2D eigenvalue weighted by Crippen LogP contribution is -2.39. The number of carbonyl (C=O) groups excluding carboxylic acids is 1. The van der Waals surface area contributed by atoms with Gasteiger partial charge in [-0.1, -0.05) is 43.8 Å². The molecule has 2 atom stereocenters. The van der Waals surface area contributed by atoms with Crippen LogP contribution in [0, 0.1) is 11.3 Å². The molecule has 1 aromatic carbocycles. The Balaban J connectivity index is 2.19. The number of amides is 1. The molecule has 2 aromatic rings. The van der Waals surface area contributed by atoms with Crippen molar-refractivity contribution in [1.82, 2.24) is 15.2 Å². The fourth-order valence-electron chi connectivity index (χ4n) is 4.06. The van der Waals surface area contributed by atoms with Crippen LogP contribution in [-0.4, -0.2) is 48.3 Å². The van der Waals surface area contributed by atoms with Crippen molar-refractivity contribution >= 4 is 23.4 Å². The summed E-state index contributed by atoms with van der Waals surface area (Å²) in [5.41, 5.74) is 1.67. The van der Waals surface area contributed by atoms with Gasteiger partial charge in [0.25, 0.3) is 0 Å². The third-order valence-electron chi connectivity index (χ3n) is 5.81. The van der Waals surface area contributed by atoms with E-state index in [1.807, 2.05) is 49.3 Å². The minimum absolute atomic E-state index is 0.120. The van der Waals surface area contributed by atoms with E-state index in [1.54, 1.807) is 18.5 Å². The number of aromatic nitrogens is 1. The molecule has 1 aliphatic rings. The number of nitrogens with one attached hydrogen (secondary N) is 1. The molecule has 1 aromatic heterocycles. The van der Waals surface area contributed by atoms with Crippen LogP contribution in [0.15, 0.2) is 59.4 Å². The number of benzene rings is 1. The normalized spacial score (nSPS) is 19.3. The van der Waals surface area contributed by atoms with Crippen LogP contribution in [-0.2, 0) is 10.2 Å². The third-order valence-corrected chi connectivity index (χ3v) is 6.99. The zero-order valence-corrected chi connectivity index (χ0v) is 19.5. The van der Waals surface area contributed by atoms with E-state index in [9.17, 15) is 10.1 Å². The molecular formula is C24H29N5OS. The molecular weight excluding hydrogens is 406 g/mol. The molecule has 1 aliphatic heterocycles. The van der Waals surface area contributed by atoms with Gasteiger partial charge in [0.05, 0.1) is 22.0 Å². The maximum atomic E-state index is 13.6. The highest BCUT2D eigenvalue weighted by Gasteiger charge is 2.52. The molecule has 1 N–H and O–H groups in total. The molecule has 31 heavy (non-hydrogen) atoms. The molecule has 0 radical (unpaired) electrons. The zero-order valence-electron chi connectivity index (χ0n) is 18.7. The van der Waals surface area contributed by atoms with E-state index in [-0.39, 0.29) is 11.3 Å². The van der Waals surface area contributed by atoms with Crippen LogP contribution in [0.4, 0.5) is 5.69 Å². The standard InChI is InChI=1S/C24H29N5OS/c1-6-29(7-2)17(3)31-22-21(15-25)24(23(30)27-22,19-9-8-14-26-16-19)18-10-12-20(13-11-18)28(4)5/h8-14,16-17H,6-7H2,1-5H3,(H,27,30). The highest BCUT2D eigenvalue weighted by molar-refractivity contribution is 8.03. The first-order valence-electron chi connectivity index (χ1n) is 10.4. The van der Waals surface area contributed by atoms with Crippen LogP contribution in [0.2, 0.25) is 0 Å². The Kier molecular flexibility index (Phi) is 7.04. The fourth-order valence-corrected chi connectivity index (χ4v) is 5.32. The SMILES string of the molecule is CCN(CC)C(C)SC1=C(C#N)C(c2ccc(N(C)C)cc2)(c2cccnc2)C(=O)N1. The Hall–Kier alpha value is -2.82. The molecule has 0 saturated carbocycles. The molecule has 0 fully saturated rings. The topological polar surface area (TPSA) is 72.3 Å². The molecule has 1 amide bonds. The average molecular weight is 436 g/mol. The number of carbonyl (C=O) groups is 1. The summed E-state index contributed by atoms with van der Waals surface area (Å²) in [6, 6.07) is 13.8. The lowest BCUT2D eigenvalue weighted by atomic mass is 9.70. The first kappa shape index (κ1) is 22.9. The van der Waals surface area contributed by atoms with Crippen LogP contribution in [0.1, 0.15) is 31.9 Å². The predicted molar refractivity (Wildman–Crippen MR) is 127 cm³/mol. The van der Waals surface area contributed by atoms with Gasteiger partial charge in [0, 0.05) is 32.2 Å². The average Bonchev–Trinajstić information content (AvgIpc) is 3.06. The van der Waals surface area contributed by atoms with Gasteiger partial charge in [0.15, 0.2) is 0 Å². The highest BCUT2D eigenvalue weighted by Crippen LogP contribution is 2.47. The number of hydrogen-bond acceptors (Lipinski definition) is 6. The number of nitriles is 1. The van der Waals surface area contributed by atoms with E-state index in [1.165, 1.54) is 11.8 Å². The molecule has 0 saturated heterocycles. The van der Waals surface area contributed by atoms with E-state index >= 15 is 0 Å². The van der Waals surface area contributed by atoms with Gasteiger partial charge in [0.1, 0.15) is 5.41 Å². The van der Waals surface area contributed by atoms with Crippen molar-refractivity contribution < 1.29 is 4.79 Å². The molecule has 7 heteroatoms. The summed E-state index contributed by atoms with van der Waals surface area (Å²) >= 11 is 1.52. The third kappa shape index (κ3) is 4.06. The van der Waals surface area contributed by atoms with Crippen LogP contribution >= 0.6 is 11.8 Å². The number of rotatable bonds is 8. The van der Waals surface area contributed by atoms with Crippen LogP contribution in [0.5, 0.6) is 0 Å². The van der Waals surface area contributed by atoms with E-state index in [2.05, 4.69) is 42.0 Å². The summed E-state index contributed by atoms with van der Waals surface area (Å²) in [7, 11) is 3.94. The Bertz CT molecular complexity index is 993. The second-order valence-electron chi connectivity index (χ2n) is 7.64. The van der Waals surface area contributed by atoms with Crippen LogP contribution < -0.4 is 10.2 Å². The monoisotopic (exact) mass is 435 g/mol. The van der Waals surface area contributed by atoms with Gasteiger partial charge in [-0.15, -0.1) is 0 Å². The van der Waals surface area contributed by atoms with Gasteiger partial charge in [-0.05, 0) is 49.3 Å². The molecule has 162 valence electrons. The second-order valence-corrected chi connectivity index (χ2v) is 8.97. The van der Waals surface area contributed by atoms with Gasteiger partial charge >= 0.3 is 0 Å². The smallest absolute Gasteiger partial charge is 0.245 e. The maximum absolute atomic E-state index is 13.6. The summed E-state index contributed by atoms with van der Waals surface area (Å²) < 4.78 is 0. The Morgan fingerprint density at radius 1 is 1.16 bits per heavy atom. The molecule has 0 bridgehead atoms. The van der Waals surface area contributed by atoms with E-state index < -0.39 is 5.41 Å². The van der Waals surface area contributed by atoms with Crippen molar-refractivity contribution in [3.8, 4) is 6.07 Å². The number of anilines is 1. The molecule has 2 unspecified atom stereocenters. The lowest BCUT2D eigenvalue weighted by Gasteiger charge is -2.28. The summed E-state index contributed by atoms with van der Waals surface area (Å²) in [5.74, 6) is -0.219. The van der Waals surface area contributed by atoms with Gasteiger partial charge in [-0.2, -0.15) is 5.26 Å². The van der Waals surface area contributed by atoms with Crippen molar-refractivity contribution in [3.05, 3.63) is 70.5 Å². The summed E-state index contributed by atoms with van der Waals surface area (Å²) in [5, 5.41) is 14.0. The van der Waals surface area contributed by atoms with Gasteiger partial charge in [0.2, 0.25) is 5.91 Å². The fraction of sp³-hybridized carbons (Fsp3) is 0.375. The molecule has 0 spiro atoms. The minimum atomic E-state index is -1.22. The van der Waals surface area contributed by atoms with E-state index in [4.69, 9.17) is 0 Å². The number of nitrogens with zero attached hydrogens (tertiary/aromatic N) is 4. The second kappa shape index (κ2) is 9.54. The zero-order chi connectivity index (χ0) is 22.6. The predicted octanol–water partition coefficient (Wildman–Crippen LogP) is 3.72. The maximum Gasteiger partial charge on any atom is 0.245 e. The minimum Gasteiger partial charge on any atom is -0.378 e. The summed E-state index contributed by atoms with van der Waals surface area (Å²) in [6.45, 7) is 8.11. The first-order chi connectivity index (χ1) is 14.9. The Morgan fingerprint density at radius 2 is 1.84 bits per heavy atom. The molecule has 3 rings (SSSR count). The molecule has 2 heterocycles. The highest BCUT2D eigenvalue weighted by atomic mass is 32.2. The van der Waals surface area contributed by atoms with Gasteiger partial charge in [-0.3, -0.25) is 14.7 Å². The Morgan fingerprint density at radius 3 is 2.35 bits per heavy atom. The van der Waals surface area contributed by atoms with Crippen molar-refractivity contribution in [2.75, 3.05) is 32.1 Å². The van der Waals surface area contributed by atoms with E-state index in [0.29, 0.717) is 16.2 Å². The van der Waals surface area contributed by atoms with Crippen LogP contribution in [0.25, 0.3) is 0 Å². The number of pyridine rings is 1. The quantitative estimate of drug-likeness (QED) is 0.637. The Labute approximate surface area is 189 Å².